The summed E-state index contributed by atoms with van der Waals surface area (Å²) in [6.07, 6.45) is 0. The first kappa shape index (κ1) is 6.73. The predicted octanol–water partition coefficient (Wildman–Crippen LogP) is 1.65. The fourth-order valence-electron chi connectivity index (χ4n) is 0.0825. The highest BCUT2D eigenvalue weighted by Gasteiger charge is 1.97. The number of rotatable bonds is 2. The molecule has 0 aliphatic rings. The SMILES string of the molecule is FCC[SiH](Cl)Cl. The molecule has 0 aliphatic heterocycles. The van der Waals surface area contributed by atoms with Gasteiger partial charge in [-0.3, -0.25) is 4.39 Å². The van der Waals surface area contributed by atoms with Crippen LogP contribution in [0.3, 0.4) is 0 Å². The molecular formula is C2H5Cl2FSi. The maximum atomic E-state index is 11.1. The first-order valence-corrected chi connectivity index (χ1v) is 5.92. The van der Waals surface area contributed by atoms with E-state index in [9.17, 15) is 4.39 Å². The number of halogens is 3. The van der Waals surface area contributed by atoms with E-state index in [1.165, 1.54) is 0 Å². The summed E-state index contributed by atoms with van der Waals surface area (Å²) in [5.41, 5.74) is 0. The molecule has 0 spiro atoms. The third-order valence-electron chi connectivity index (χ3n) is 0.327. The fraction of sp³-hybridized carbons (Fsp3) is 1.00. The van der Waals surface area contributed by atoms with E-state index in [0.717, 1.165) is 0 Å². The van der Waals surface area contributed by atoms with Crippen molar-refractivity contribution in [2.24, 2.45) is 0 Å². The molecule has 0 aromatic rings. The Kier molecular flexibility index (Phi) is 4.37. The number of hydrogen-bond donors (Lipinski definition) is 0. The minimum Gasteiger partial charge on any atom is -0.251 e. The lowest BCUT2D eigenvalue weighted by molar-refractivity contribution is 0.526. The second-order valence-corrected chi connectivity index (χ2v) is 6.06. The first-order valence-electron chi connectivity index (χ1n) is 1.61. The lowest BCUT2D eigenvalue weighted by Crippen LogP contribution is -1.90. The van der Waals surface area contributed by atoms with Crippen LogP contribution in [-0.4, -0.2) is 14.1 Å². The molecule has 0 amide bonds. The quantitative estimate of drug-likeness (QED) is 0.411. The van der Waals surface area contributed by atoms with E-state index >= 15 is 0 Å². The lowest BCUT2D eigenvalue weighted by Gasteiger charge is -1.85. The summed E-state index contributed by atoms with van der Waals surface area (Å²) in [6, 6.07) is 0.378. The van der Waals surface area contributed by atoms with Gasteiger partial charge >= 0.3 is 0 Å². The van der Waals surface area contributed by atoms with Gasteiger partial charge in [0.15, 0.2) is 0 Å². The van der Waals surface area contributed by atoms with Gasteiger partial charge in [-0.1, -0.05) is 0 Å². The van der Waals surface area contributed by atoms with Gasteiger partial charge < -0.3 is 0 Å². The van der Waals surface area contributed by atoms with Crippen LogP contribution < -0.4 is 0 Å². The Bertz CT molecular complexity index is 32.7. The topological polar surface area (TPSA) is 0 Å². The molecule has 0 heterocycles. The van der Waals surface area contributed by atoms with Crippen LogP contribution in [0.5, 0.6) is 0 Å². The minimum absolute atomic E-state index is 0.371. The zero-order chi connectivity index (χ0) is 4.99. The summed E-state index contributed by atoms with van der Waals surface area (Å²) in [7, 11) is -1.60. The maximum absolute atomic E-state index is 11.1. The van der Waals surface area contributed by atoms with Crippen molar-refractivity contribution in [1.29, 1.82) is 0 Å². The van der Waals surface area contributed by atoms with Crippen LogP contribution in [0.4, 0.5) is 4.39 Å². The summed E-state index contributed by atoms with van der Waals surface area (Å²) in [5, 5.41) is 0. The lowest BCUT2D eigenvalue weighted by atomic mass is 10.9. The van der Waals surface area contributed by atoms with Crippen LogP contribution in [0.25, 0.3) is 0 Å². The molecule has 0 saturated carbocycles. The fourth-order valence-corrected chi connectivity index (χ4v) is 0.742. The van der Waals surface area contributed by atoms with Crippen LogP contribution in [0.2, 0.25) is 6.04 Å². The summed E-state index contributed by atoms with van der Waals surface area (Å²) < 4.78 is 11.1. The van der Waals surface area contributed by atoms with Crippen molar-refractivity contribution in [3.63, 3.8) is 0 Å². The normalized spacial score (nSPS) is 10.0. The Labute approximate surface area is 47.3 Å². The molecule has 0 unspecified atom stereocenters. The molecule has 38 valence electrons. The zero-order valence-electron chi connectivity index (χ0n) is 3.13. The third-order valence-corrected chi connectivity index (χ3v) is 2.29. The number of alkyl halides is 1. The zero-order valence-corrected chi connectivity index (χ0v) is 5.79. The van der Waals surface area contributed by atoms with E-state index in [0.29, 0.717) is 6.04 Å². The van der Waals surface area contributed by atoms with Gasteiger partial charge in [-0.05, 0) is 6.04 Å². The average molecular weight is 147 g/mol. The Morgan fingerprint density at radius 2 is 2.00 bits per heavy atom. The van der Waals surface area contributed by atoms with Crippen molar-refractivity contribution >= 4 is 29.6 Å². The standard InChI is InChI=1S/C2H5Cl2FSi/c3-6(4)2-1-5/h6H,1-2H2. The Balaban J connectivity index is 2.63. The highest BCUT2D eigenvalue weighted by molar-refractivity contribution is 7.33. The molecular weight excluding hydrogens is 142 g/mol. The largest absolute Gasteiger partial charge is 0.251 e. The van der Waals surface area contributed by atoms with Gasteiger partial charge in [0, 0.05) is 0 Å². The van der Waals surface area contributed by atoms with Gasteiger partial charge in [-0.15, -0.1) is 0 Å². The maximum Gasteiger partial charge on any atom is 0.239 e. The highest BCUT2D eigenvalue weighted by atomic mass is 35.7. The molecule has 0 fully saturated rings. The van der Waals surface area contributed by atoms with Crippen molar-refractivity contribution < 1.29 is 4.39 Å². The molecule has 0 radical (unpaired) electrons. The van der Waals surface area contributed by atoms with Gasteiger partial charge in [0.05, 0.1) is 6.67 Å². The van der Waals surface area contributed by atoms with E-state index < -0.39 is 7.42 Å². The van der Waals surface area contributed by atoms with E-state index in [-0.39, 0.29) is 6.67 Å². The van der Waals surface area contributed by atoms with Gasteiger partial charge in [0.2, 0.25) is 7.42 Å². The second kappa shape index (κ2) is 3.90. The van der Waals surface area contributed by atoms with Crippen LogP contribution >= 0.6 is 22.2 Å². The Morgan fingerprint density at radius 3 is 2.00 bits per heavy atom. The first-order chi connectivity index (χ1) is 2.77. The van der Waals surface area contributed by atoms with Crippen molar-refractivity contribution in [2.75, 3.05) is 6.67 Å². The van der Waals surface area contributed by atoms with E-state index in [2.05, 4.69) is 0 Å². The smallest absolute Gasteiger partial charge is 0.239 e. The van der Waals surface area contributed by atoms with E-state index in [1.54, 1.807) is 0 Å². The Hall–Kier alpha value is 0.727. The van der Waals surface area contributed by atoms with E-state index in [4.69, 9.17) is 22.2 Å². The van der Waals surface area contributed by atoms with Gasteiger partial charge in [-0.25, -0.2) is 0 Å². The summed E-state index contributed by atoms with van der Waals surface area (Å²) in [6.45, 7) is -0.371. The van der Waals surface area contributed by atoms with Gasteiger partial charge in [0.25, 0.3) is 0 Å². The van der Waals surface area contributed by atoms with Crippen LogP contribution in [-0.2, 0) is 0 Å². The van der Waals surface area contributed by atoms with Crippen molar-refractivity contribution in [3.8, 4) is 0 Å². The molecule has 4 heteroatoms. The van der Waals surface area contributed by atoms with Crippen LogP contribution in [0.15, 0.2) is 0 Å². The van der Waals surface area contributed by atoms with Crippen molar-refractivity contribution in [3.05, 3.63) is 0 Å². The second-order valence-electron chi connectivity index (χ2n) is 0.869. The summed E-state index contributed by atoms with van der Waals surface area (Å²) in [4.78, 5) is 0. The molecule has 0 bridgehead atoms. The molecule has 0 aromatic heterocycles. The number of hydrogen-bond acceptors (Lipinski definition) is 0. The van der Waals surface area contributed by atoms with Gasteiger partial charge in [0.1, 0.15) is 0 Å². The van der Waals surface area contributed by atoms with Crippen molar-refractivity contribution in [2.45, 2.75) is 6.04 Å². The highest BCUT2D eigenvalue weighted by Crippen LogP contribution is 2.01. The molecule has 0 atom stereocenters. The Morgan fingerprint density at radius 1 is 1.50 bits per heavy atom. The molecule has 0 aliphatic carbocycles. The summed E-state index contributed by atoms with van der Waals surface area (Å²) in [5.74, 6) is 0. The van der Waals surface area contributed by atoms with E-state index in [1.807, 2.05) is 0 Å². The molecule has 0 nitrogen and oxygen atoms in total. The molecule has 6 heavy (non-hydrogen) atoms. The molecule has 0 rings (SSSR count). The van der Waals surface area contributed by atoms with Crippen molar-refractivity contribution in [1.82, 2.24) is 0 Å². The molecule has 0 N–H and O–H groups in total. The predicted molar refractivity (Wildman–Crippen MR) is 29.6 cm³/mol. The van der Waals surface area contributed by atoms with Gasteiger partial charge in [-0.2, -0.15) is 22.2 Å². The molecule has 0 aromatic carbocycles. The minimum atomic E-state index is -1.60. The third kappa shape index (κ3) is 4.73. The molecule has 0 saturated heterocycles. The monoisotopic (exact) mass is 146 g/mol. The van der Waals surface area contributed by atoms with Crippen LogP contribution in [0.1, 0.15) is 0 Å². The summed E-state index contributed by atoms with van der Waals surface area (Å²) >= 11 is 10.5. The van der Waals surface area contributed by atoms with Crippen LogP contribution in [0, 0.1) is 0 Å². The average Bonchev–Trinajstić information content (AvgIpc) is 1.35.